The maximum absolute atomic E-state index is 10.0. The molecule has 1 aliphatic rings. The third-order valence-corrected chi connectivity index (χ3v) is 5.52. The highest BCUT2D eigenvalue weighted by Crippen LogP contribution is 2.48. The van der Waals surface area contributed by atoms with Crippen molar-refractivity contribution in [1.29, 1.82) is 0 Å². The maximum Gasteiger partial charge on any atom is 0.109 e. The van der Waals surface area contributed by atoms with Crippen molar-refractivity contribution in [3.63, 3.8) is 0 Å². The van der Waals surface area contributed by atoms with E-state index in [9.17, 15) is 5.11 Å². The summed E-state index contributed by atoms with van der Waals surface area (Å²) in [7, 11) is 0. The van der Waals surface area contributed by atoms with Gasteiger partial charge in [-0.2, -0.15) is 0 Å². The summed E-state index contributed by atoms with van der Waals surface area (Å²) in [5, 5.41) is 25.0. The van der Waals surface area contributed by atoms with Crippen LogP contribution >= 0.6 is 0 Å². The van der Waals surface area contributed by atoms with Crippen molar-refractivity contribution in [2.45, 2.75) is 33.0 Å². The molecule has 0 amide bonds. The van der Waals surface area contributed by atoms with Gasteiger partial charge in [-0.1, -0.05) is 56.3 Å². The Morgan fingerprint density at radius 1 is 0.962 bits per heavy atom. The van der Waals surface area contributed by atoms with Crippen molar-refractivity contribution in [2.75, 3.05) is 6.61 Å². The number of aryl methyl sites for hydroxylation is 1. The van der Waals surface area contributed by atoms with E-state index >= 15 is 0 Å². The Morgan fingerprint density at radius 2 is 1.73 bits per heavy atom. The van der Waals surface area contributed by atoms with Gasteiger partial charge in [0.2, 0.25) is 0 Å². The van der Waals surface area contributed by atoms with Crippen LogP contribution in [0.4, 0.5) is 0 Å². The van der Waals surface area contributed by atoms with Gasteiger partial charge in [0.25, 0.3) is 0 Å². The molecule has 0 aromatic heterocycles. The van der Waals surface area contributed by atoms with E-state index in [1.807, 2.05) is 6.92 Å². The van der Waals surface area contributed by atoms with Crippen LogP contribution < -0.4 is 5.32 Å². The van der Waals surface area contributed by atoms with Crippen molar-refractivity contribution < 1.29 is 10.2 Å². The van der Waals surface area contributed by atoms with Crippen LogP contribution in [0.5, 0.6) is 0 Å². The molecule has 0 aliphatic heterocycles. The summed E-state index contributed by atoms with van der Waals surface area (Å²) >= 11 is 0. The molecular formula is C23H25NO2. The van der Waals surface area contributed by atoms with Crippen molar-refractivity contribution in [1.82, 2.24) is 5.32 Å². The van der Waals surface area contributed by atoms with Gasteiger partial charge in [-0.25, -0.2) is 0 Å². The first-order valence-electron chi connectivity index (χ1n) is 9.34. The van der Waals surface area contributed by atoms with Gasteiger partial charge < -0.3 is 10.2 Å². The molecule has 0 fully saturated rings. The molecule has 3 heteroatoms. The van der Waals surface area contributed by atoms with Crippen LogP contribution in [0.2, 0.25) is 0 Å². The molecule has 26 heavy (non-hydrogen) atoms. The first-order chi connectivity index (χ1) is 12.6. The summed E-state index contributed by atoms with van der Waals surface area (Å²) in [6.45, 7) is 4.57. The number of hydrogen-bond acceptors (Lipinski definition) is 3. The van der Waals surface area contributed by atoms with Crippen molar-refractivity contribution in [3.05, 3.63) is 59.7 Å². The molecule has 1 aliphatic carbocycles. The number of aliphatic hydroxyl groups excluding tert-OH is 2. The van der Waals surface area contributed by atoms with Crippen LogP contribution in [-0.2, 0) is 13.0 Å². The van der Waals surface area contributed by atoms with Crippen molar-refractivity contribution in [2.24, 2.45) is 5.92 Å². The normalized spacial score (nSPS) is 14.5. The number of hydrogen-bond donors (Lipinski definition) is 3. The number of benzene rings is 3. The van der Waals surface area contributed by atoms with Gasteiger partial charge in [0, 0.05) is 19.1 Å². The Bertz CT molecular complexity index is 964. The van der Waals surface area contributed by atoms with Gasteiger partial charge in [0.15, 0.2) is 0 Å². The van der Waals surface area contributed by atoms with Gasteiger partial charge in [-0.3, -0.25) is 5.32 Å². The molecule has 0 bridgehead atoms. The van der Waals surface area contributed by atoms with E-state index in [2.05, 4.69) is 60.8 Å². The molecule has 3 aromatic carbocycles. The monoisotopic (exact) mass is 347 g/mol. The molecule has 0 radical (unpaired) electrons. The van der Waals surface area contributed by atoms with E-state index in [0.29, 0.717) is 6.54 Å². The smallest absolute Gasteiger partial charge is 0.109 e. The van der Waals surface area contributed by atoms with Gasteiger partial charge >= 0.3 is 0 Å². The van der Waals surface area contributed by atoms with Gasteiger partial charge in [-0.15, -0.1) is 0 Å². The summed E-state index contributed by atoms with van der Waals surface area (Å²) in [5.74, 6) is -0.185. The Morgan fingerprint density at radius 3 is 2.50 bits per heavy atom. The molecule has 3 aromatic rings. The molecule has 2 atom stereocenters. The average Bonchev–Trinajstić information content (AvgIpc) is 3.01. The zero-order valence-corrected chi connectivity index (χ0v) is 15.3. The van der Waals surface area contributed by atoms with Crippen molar-refractivity contribution >= 4 is 10.8 Å². The summed E-state index contributed by atoms with van der Waals surface area (Å²) in [6, 6.07) is 17.6. The minimum atomic E-state index is -0.707. The molecule has 0 saturated heterocycles. The van der Waals surface area contributed by atoms with E-state index in [1.165, 1.54) is 38.6 Å². The predicted molar refractivity (Wildman–Crippen MR) is 107 cm³/mol. The minimum absolute atomic E-state index is 0.0323. The van der Waals surface area contributed by atoms with Crippen LogP contribution in [-0.4, -0.2) is 23.0 Å². The first kappa shape index (κ1) is 17.2. The summed E-state index contributed by atoms with van der Waals surface area (Å²) in [5.41, 5.74) is 7.69. The highest BCUT2D eigenvalue weighted by atomic mass is 16.3. The summed E-state index contributed by atoms with van der Waals surface area (Å²) < 4.78 is 0. The third kappa shape index (κ3) is 2.73. The Labute approximate surface area is 154 Å². The number of aliphatic hydroxyl groups is 2. The zero-order valence-electron chi connectivity index (χ0n) is 15.3. The quantitative estimate of drug-likeness (QED) is 0.461. The van der Waals surface area contributed by atoms with Gasteiger partial charge in [0.05, 0.1) is 0 Å². The highest BCUT2D eigenvalue weighted by Gasteiger charge is 2.22. The fourth-order valence-electron chi connectivity index (χ4n) is 3.91. The van der Waals surface area contributed by atoms with E-state index in [-0.39, 0.29) is 12.5 Å². The molecule has 0 heterocycles. The fourth-order valence-corrected chi connectivity index (χ4v) is 3.91. The molecule has 3 N–H and O–H groups in total. The standard InChI is InChI=1S/C23H25NO2/c1-3-16-8-10-20-21-11-15(12-24-23(26)14(2)13-25)7-9-18(21)19-6-4-5-17(16)22(19)20/h4-11,14,23-26H,3,12-13H2,1-2H3. The highest BCUT2D eigenvalue weighted by molar-refractivity contribution is 6.16. The molecule has 0 spiro atoms. The molecule has 4 rings (SSSR count). The van der Waals surface area contributed by atoms with Crippen LogP contribution in [0.3, 0.4) is 0 Å². The predicted octanol–water partition coefficient (Wildman–Crippen LogP) is 4.09. The van der Waals surface area contributed by atoms with Gasteiger partial charge in [0.1, 0.15) is 6.23 Å². The average molecular weight is 347 g/mol. The topological polar surface area (TPSA) is 52.5 Å². The molecule has 0 saturated carbocycles. The zero-order chi connectivity index (χ0) is 18.3. The van der Waals surface area contributed by atoms with E-state index in [1.54, 1.807) is 0 Å². The number of rotatable bonds is 6. The minimum Gasteiger partial charge on any atom is -0.396 e. The first-order valence-corrected chi connectivity index (χ1v) is 9.34. The Balaban J connectivity index is 1.71. The number of fused-ring (bicyclic) bond motifs is 3. The van der Waals surface area contributed by atoms with Crippen LogP contribution in [0.1, 0.15) is 25.0 Å². The lowest BCUT2D eigenvalue weighted by Crippen LogP contribution is -2.35. The lowest BCUT2D eigenvalue weighted by Gasteiger charge is -2.18. The van der Waals surface area contributed by atoms with Crippen LogP contribution in [0.15, 0.2) is 48.5 Å². The Kier molecular flexibility index (Phi) is 4.53. The second kappa shape index (κ2) is 6.84. The second-order valence-electron chi connectivity index (χ2n) is 7.22. The van der Waals surface area contributed by atoms with Crippen molar-refractivity contribution in [3.8, 4) is 22.3 Å². The Hall–Kier alpha value is -2.20. The van der Waals surface area contributed by atoms with E-state index in [0.717, 1.165) is 12.0 Å². The largest absolute Gasteiger partial charge is 0.396 e. The second-order valence-corrected chi connectivity index (χ2v) is 7.22. The lowest BCUT2D eigenvalue weighted by molar-refractivity contribution is 0.0494. The SMILES string of the molecule is CCc1ccc2c3c(cccc13)-c1ccc(CNC(O)C(C)CO)cc1-2. The van der Waals surface area contributed by atoms with Gasteiger partial charge in [-0.05, 0) is 56.6 Å². The molecular weight excluding hydrogens is 322 g/mol. The molecule has 3 nitrogen and oxygen atoms in total. The maximum atomic E-state index is 10.0. The van der Waals surface area contributed by atoms with E-state index < -0.39 is 6.23 Å². The van der Waals surface area contributed by atoms with Crippen LogP contribution in [0.25, 0.3) is 33.0 Å². The summed E-state index contributed by atoms with van der Waals surface area (Å²) in [6.07, 6.45) is 0.327. The fraction of sp³-hybridized carbons (Fsp3) is 0.304. The number of nitrogens with one attached hydrogen (secondary N) is 1. The van der Waals surface area contributed by atoms with Crippen LogP contribution in [0, 0.1) is 5.92 Å². The lowest BCUT2D eigenvalue weighted by atomic mass is 9.97. The molecule has 134 valence electrons. The third-order valence-electron chi connectivity index (χ3n) is 5.52. The molecule has 2 unspecified atom stereocenters. The summed E-state index contributed by atoms with van der Waals surface area (Å²) in [4.78, 5) is 0. The van der Waals surface area contributed by atoms with E-state index in [4.69, 9.17) is 5.11 Å².